The van der Waals surface area contributed by atoms with Gasteiger partial charge in [0.1, 0.15) is 6.04 Å². The van der Waals surface area contributed by atoms with Gasteiger partial charge in [-0.15, -0.1) is 0 Å². The molecule has 1 fully saturated rings. The maximum Gasteiger partial charge on any atom is 0.243 e. The van der Waals surface area contributed by atoms with E-state index in [-0.39, 0.29) is 5.91 Å². The van der Waals surface area contributed by atoms with Crippen molar-refractivity contribution in [2.45, 2.75) is 52.7 Å². The molecule has 31 heavy (non-hydrogen) atoms. The largest absolute Gasteiger partial charge is 0.350 e. The van der Waals surface area contributed by atoms with Crippen LogP contribution in [0.15, 0.2) is 42.5 Å². The topological polar surface area (TPSA) is 69.7 Å². The van der Waals surface area contributed by atoms with E-state index in [9.17, 15) is 13.2 Å². The molecule has 1 saturated heterocycles. The number of carbonyl (C=O) groups excluding carboxylic acids is 1. The zero-order valence-electron chi connectivity index (χ0n) is 18.9. The Kier molecular flexibility index (Phi) is 7.38. The van der Waals surface area contributed by atoms with Crippen molar-refractivity contribution in [2.75, 3.05) is 23.7 Å². The molecule has 0 unspecified atom stereocenters. The molecule has 2 aromatic carbocycles. The number of hydrogen-bond acceptors (Lipinski definition) is 4. The summed E-state index contributed by atoms with van der Waals surface area (Å²) in [6.07, 6.45) is 3.64. The summed E-state index contributed by atoms with van der Waals surface area (Å²) in [6.45, 7) is 9.01. The summed E-state index contributed by atoms with van der Waals surface area (Å²) in [4.78, 5) is 15.3. The molecular weight excluding hydrogens is 410 g/mol. The first-order chi connectivity index (χ1) is 14.6. The highest BCUT2D eigenvalue weighted by Gasteiger charge is 2.29. The fourth-order valence-electron chi connectivity index (χ4n) is 4.26. The van der Waals surface area contributed by atoms with Crippen LogP contribution in [0.4, 0.5) is 5.69 Å². The van der Waals surface area contributed by atoms with Gasteiger partial charge in [0.15, 0.2) is 0 Å². The van der Waals surface area contributed by atoms with Crippen LogP contribution in [-0.2, 0) is 27.9 Å². The van der Waals surface area contributed by atoms with Crippen molar-refractivity contribution in [1.82, 2.24) is 10.2 Å². The monoisotopic (exact) mass is 443 g/mol. The van der Waals surface area contributed by atoms with Crippen LogP contribution >= 0.6 is 0 Å². The number of anilines is 1. The highest BCUT2D eigenvalue weighted by atomic mass is 32.2. The first-order valence-electron chi connectivity index (χ1n) is 10.8. The first-order valence-corrected chi connectivity index (χ1v) is 12.6. The highest BCUT2D eigenvalue weighted by Crippen LogP contribution is 2.24. The molecule has 1 N–H and O–H groups in total. The maximum atomic E-state index is 12.9. The number of rotatable bonds is 8. The number of amides is 1. The molecule has 0 aliphatic carbocycles. The van der Waals surface area contributed by atoms with Crippen molar-refractivity contribution in [3.05, 3.63) is 64.7 Å². The van der Waals surface area contributed by atoms with E-state index in [0.29, 0.717) is 12.2 Å². The summed E-state index contributed by atoms with van der Waals surface area (Å²) in [7, 11) is -3.63. The number of nitrogens with zero attached hydrogens (tertiary/aromatic N) is 2. The van der Waals surface area contributed by atoms with Crippen LogP contribution < -0.4 is 9.62 Å². The van der Waals surface area contributed by atoms with E-state index in [1.165, 1.54) is 22.7 Å². The van der Waals surface area contributed by atoms with Gasteiger partial charge < -0.3 is 5.32 Å². The lowest BCUT2D eigenvalue weighted by Gasteiger charge is -2.29. The van der Waals surface area contributed by atoms with E-state index in [1.54, 1.807) is 19.1 Å². The third-order valence-corrected chi connectivity index (χ3v) is 6.85. The van der Waals surface area contributed by atoms with Crippen LogP contribution in [-0.4, -0.2) is 44.6 Å². The van der Waals surface area contributed by atoms with Gasteiger partial charge in [-0.1, -0.05) is 30.3 Å². The van der Waals surface area contributed by atoms with Crippen molar-refractivity contribution in [2.24, 2.45) is 0 Å². The van der Waals surface area contributed by atoms with Crippen LogP contribution in [0.5, 0.6) is 0 Å². The quantitative estimate of drug-likeness (QED) is 0.679. The average Bonchev–Trinajstić information content (AvgIpc) is 3.17. The molecule has 1 atom stereocenters. The summed E-state index contributed by atoms with van der Waals surface area (Å²) in [5.41, 5.74) is 4.65. The molecule has 2 aromatic rings. The third-order valence-electron chi connectivity index (χ3n) is 5.61. The third kappa shape index (κ3) is 6.31. The number of aryl methyl sites for hydroxylation is 2. The maximum absolute atomic E-state index is 12.9. The summed E-state index contributed by atoms with van der Waals surface area (Å²) in [5.74, 6) is -0.325. The normalized spacial score (nSPS) is 15.6. The van der Waals surface area contributed by atoms with Crippen LogP contribution in [0.25, 0.3) is 0 Å². The Hall–Kier alpha value is -2.38. The Labute approximate surface area is 186 Å². The Morgan fingerprint density at radius 2 is 1.68 bits per heavy atom. The molecule has 0 aromatic heterocycles. The lowest BCUT2D eigenvalue weighted by Crippen LogP contribution is -2.47. The average molecular weight is 444 g/mol. The highest BCUT2D eigenvalue weighted by molar-refractivity contribution is 7.92. The summed E-state index contributed by atoms with van der Waals surface area (Å²) in [6, 6.07) is 12.9. The number of hydrogen-bond donors (Lipinski definition) is 1. The second-order valence-corrected chi connectivity index (χ2v) is 10.5. The fraction of sp³-hybridized carbons (Fsp3) is 0.458. The molecule has 0 radical (unpaired) electrons. The second kappa shape index (κ2) is 9.83. The number of carbonyl (C=O) groups is 1. The van der Waals surface area contributed by atoms with Crippen molar-refractivity contribution >= 4 is 21.6 Å². The molecule has 1 heterocycles. The van der Waals surface area contributed by atoms with Crippen molar-refractivity contribution in [1.29, 1.82) is 0 Å². The molecule has 0 bridgehead atoms. The molecule has 3 rings (SSSR count). The molecule has 168 valence electrons. The first kappa shape index (κ1) is 23.3. The van der Waals surface area contributed by atoms with Gasteiger partial charge in [-0.25, -0.2) is 8.42 Å². The minimum atomic E-state index is -3.63. The van der Waals surface area contributed by atoms with Gasteiger partial charge >= 0.3 is 0 Å². The van der Waals surface area contributed by atoms with E-state index in [0.717, 1.165) is 42.6 Å². The van der Waals surface area contributed by atoms with Gasteiger partial charge in [0, 0.05) is 13.1 Å². The van der Waals surface area contributed by atoms with Crippen LogP contribution in [0.3, 0.4) is 0 Å². The van der Waals surface area contributed by atoms with Gasteiger partial charge in [-0.05, 0) is 81.1 Å². The molecule has 0 spiro atoms. The number of benzene rings is 2. The number of nitrogens with one attached hydrogen (secondary N) is 1. The van der Waals surface area contributed by atoms with Gasteiger partial charge in [0.05, 0.1) is 11.9 Å². The molecule has 1 aliphatic rings. The zero-order chi connectivity index (χ0) is 22.6. The Morgan fingerprint density at radius 3 is 2.29 bits per heavy atom. The van der Waals surface area contributed by atoms with Crippen LogP contribution in [0.2, 0.25) is 0 Å². The second-order valence-electron chi connectivity index (χ2n) is 8.60. The fourth-order valence-corrected chi connectivity index (χ4v) is 5.42. The van der Waals surface area contributed by atoms with E-state index in [1.807, 2.05) is 32.0 Å². The van der Waals surface area contributed by atoms with E-state index < -0.39 is 16.1 Å². The van der Waals surface area contributed by atoms with E-state index >= 15 is 0 Å². The minimum Gasteiger partial charge on any atom is -0.350 e. The molecule has 1 aliphatic heterocycles. The predicted molar refractivity (Wildman–Crippen MR) is 126 cm³/mol. The van der Waals surface area contributed by atoms with Gasteiger partial charge in [-0.3, -0.25) is 14.0 Å². The van der Waals surface area contributed by atoms with Gasteiger partial charge in [0.25, 0.3) is 0 Å². The molecule has 6 nitrogen and oxygen atoms in total. The molecule has 1 amide bonds. The Balaban J connectivity index is 1.69. The van der Waals surface area contributed by atoms with Crippen molar-refractivity contribution < 1.29 is 13.2 Å². The van der Waals surface area contributed by atoms with Crippen molar-refractivity contribution in [3.8, 4) is 0 Å². The van der Waals surface area contributed by atoms with Crippen LogP contribution in [0, 0.1) is 13.8 Å². The Bertz CT molecular complexity index is 1010. The van der Waals surface area contributed by atoms with Crippen LogP contribution in [0.1, 0.15) is 42.0 Å². The summed E-state index contributed by atoms with van der Waals surface area (Å²) in [5, 5.41) is 2.91. The zero-order valence-corrected chi connectivity index (χ0v) is 19.7. The van der Waals surface area contributed by atoms with Gasteiger partial charge in [-0.2, -0.15) is 0 Å². The Morgan fingerprint density at radius 1 is 1.06 bits per heavy atom. The smallest absolute Gasteiger partial charge is 0.243 e. The molecular formula is C24H33N3O3S. The summed E-state index contributed by atoms with van der Waals surface area (Å²) < 4.78 is 26.3. The minimum absolute atomic E-state index is 0.325. The van der Waals surface area contributed by atoms with Gasteiger partial charge in [0.2, 0.25) is 15.9 Å². The van der Waals surface area contributed by atoms with Crippen molar-refractivity contribution in [3.63, 3.8) is 0 Å². The number of sulfonamides is 1. The van der Waals surface area contributed by atoms with E-state index in [2.05, 4.69) is 22.3 Å². The predicted octanol–water partition coefficient (Wildman–Crippen LogP) is 3.37. The molecule has 0 saturated carbocycles. The standard InChI is InChI=1S/C24H33N3O3S/c1-18-12-19(2)14-23(13-18)27(31(4,29)30)20(3)24(28)25-16-21-8-7-9-22(15-21)17-26-10-5-6-11-26/h7-9,12-15,20H,5-6,10-11,16-17H2,1-4H3,(H,25,28)/t20-/m1/s1. The summed E-state index contributed by atoms with van der Waals surface area (Å²) >= 11 is 0. The molecule has 7 heteroatoms. The number of likely N-dealkylation sites (tertiary alicyclic amines) is 1. The SMILES string of the molecule is Cc1cc(C)cc(N([C@H](C)C(=O)NCc2cccc(CN3CCCC3)c2)S(C)(=O)=O)c1. The lowest BCUT2D eigenvalue weighted by molar-refractivity contribution is -0.122. The van der Waals surface area contributed by atoms with E-state index in [4.69, 9.17) is 0 Å². The lowest BCUT2D eigenvalue weighted by atomic mass is 10.1.